The number of nitrogens with zero attached hydrogens (tertiary/aromatic N) is 5. The van der Waals surface area contributed by atoms with Crippen molar-refractivity contribution in [2.45, 2.75) is 0 Å². The summed E-state index contributed by atoms with van der Waals surface area (Å²) >= 11 is 6.30. The number of aromatic nitrogens is 2. The lowest BCUT2D eigenvalue weighted by Crippen LogP contribution is -2.52. The van der Waals surface area contributed by atoms with E-state index in [-0.39, 0.29) is 5.02 Å². The van der Waals surface area contributed by atoms with Crippen molar-refractivity contribution in [2.75, 3.05) is 45.2 Å². The average Bonchev–Trinajstić information content (AvgIpc) is 2.64. The number of hydrogen-bond acceptors (Lipinski definition) is 5. The Morgan fingerprint density at radius 2 is 1.69 bits per heavy atom. The first-order chi connectivity index (χ1) is 12.3. The highest BCUT2D eigenvalue weighted by Crippen LogP contribution is 2.23. The van der Waals surface area contributed by atoms with Crippen molar-refractivity contribution in [1.29, 1.82) is 0 Å². The average molecular weight is 398 g/mol. The Hall–Kier alpha value is -1.94. The van der Waals surface area contributed by atoms with Gasteiger partial charge < -0.3 is 4.90 Å². The van der Waals surface area contributed by atoms with Gasteiger partial charge in [-0.3, -0.25) is 4.79 Å². The Bertz CT molecular complexity index is 938. The van der Waals surface area contributed by atoms with Crippen LogP contribution in [0.1, 0.15) is 0 Å². The Labute approximate surface area is 157 Å². The van der Waals surface area contributed by atoms with Crippen molar-refractivity contribution in [3.05, 3.63) is 51.9 Å². The molecular weight excluding hydrogens is 378 g/mol. The van der Waals surface area contributed by atoms with E-state index in [2.05, 4.69) is 5.10 Å². The summed E-state index contributed by atoms with van der Waals surface area (Å²) in [6.45, 7) is 1.50. The molecule has 1 aromatic carbocycles. The van der Waals surface area contributed by atoms with Crippen LogP contribution in [0, 0.1) is 0 Å². The maximum atomic E-state index is 12.6. The number of benzene rings is 1. The van der Waals surface area contributed by atoms with Crippen LogP contribution in [0.2, 0.25) is 5.02 Å². The summed E-state index contributed by atoms with van der Waals surface area (Å²) in [6, 6.07) is 9.03. The van der Waals surface area contributed by atoms with E-state index < -0.39 is 15.8 Å². The summed E-state index contributed by atoms with van der Waals surface area (Å²) in [5, 5.41) is 4.30. The molecule has 1 fully saturated rings. The summed E-state index contributed by atoms with van der Waals surface area (Å²) < 4.78 is 28.2. The molecule has 0 amide bonds. The van der Waals surface area contributed by atoms with Gasteiger partial charge in [0.1, 0.15) is 5.02 Å². The lowest BCUT2D eigenvalue weighted by Gasteiger charge is -2.36. The Morgan fingerprint density at radius 3 is 2.27 bits per heavy atom. The largest absolute Gasteiger partial charge is 0.366 e. The number of hydrogen-bond donors (Lipinski definition) is 0. The van der Waals surface area contributed by atoms with Crippen molar-refractivity contribution in [2.24, 2.45) is 0 Å². The van der Waals surface area contributed by atoms with Gasteiger partial charge in [-0.1, -0.05) is 29.8 Å². The standard InChI is InChI=1S/C16H20ClN5O3S/c1-19(2)26(24,25)21-10-8-20(9-11-21)14-12-18-22(16(23)15(14)17)13-6-4-3-5-7-13/h3-7,12H,8-11H2,1-2H3. The first kappa shape index (κ1) is 18.8. The van der Waals surface area contributed by atoms with Crippen molar-refractivity contribution in [1.82, 2.24) is 18.4 Å². The normalized spacial score (nSPS) is 16.2. The molecule has 2 heterocycles. The van der Waals surface area contributed by atoms with Gasteiger partial charge in [0.2, 0.25) is 0 Å². The SMILES string of the molecule is CN(C)S(=O)(=O)N1CCN(c2cnn(-c3ccccc3)c(=O)c2Cl)CC1. The van der Waals surface area contributed by atoms with E-state index in [1.165, 1.54) is 27.4 Å². The minimum absolute atomic E-state index is 0.0766. The van der Waals surface area contributed by atoms with Crippen LogP contribution in [0.15, 0.2) is 41.3 Å². The van der Waals surface area contributed by atoms with E-state index >= 15 is 0 Å². The molecule has 26 heavy (non-hydrogen) atoms. The zero-order valence-electron chi connectivity index (χ0n) is 14.5. The monoisotopic (exact) mass is 397 g/mol. The van der Waals surface area contributed by atoms with Gasteiger partial charge in [-0.25, -0.2) is 0 Å². The topological polar surface area (TPSA) is 78.8 Å². The zero-order valence-corrected chi connectivity index (χ0v) is 16.1. The molecule has 1 aliphatic heterocycles. The Morgan fingerprint density at radius 1 is 1.08 bits per heavy atom. The quantitative estimate of drug-likeness (QED) is 0.763. The molecule has 3 rings (SSSR count). The first-order valence-corrected chi connectivity index (χ1v) is 9.85. The third-order valence-electron chi connectivity index (χ3n) is 4.27. The summed E-state index contributed by atoms with van der Waals surface area (Å²) in [5.74, 6) is 0. The highest BCUT2D eigenvalue weighted by Gasteiger charge is 2.29. The fourth-order valence-corrected chi connectivity index (χ4v) is 4.12. The number of rotatable bonds is 4. The predicted octanol–water partition coefficient (Wildman–Crippen LogP) is 0.814. The fraction of sp³-hybridized carbons (Fsp3) is 0.375. The molecule has 8 nitrogen and oxygen atoms in total. The van der Waals surface area contributed by atoms with Crippen LogP contribution >= 0.6 is 11.6 Å². The van der Waals surface area contributed by atoms with Gasteiger partial charge in [0.15, 0.2) is 0 Å². The zero-order chi connectivity index (χ0) is 18.9. The van der Waals surface area contributed by atoms with Crippen molar-refractivity contribution >= 4 is 27.5 Å². The summed E-state index contributed by atoms with van der Waals surface area (Å²) in [6.07, 6.45) is 1.55. The second-order valence-electron chi connectivity index (χ2n) is 6.07. The lowest BCUT2D eigenvalue weighted by molar-refractivity contribution is 0.355. The molecular formula is C16H20ClN5O3S. The fourth-order valence-electron chi connectivity index (χ4n) is 2.79. The van der Waals surface area contributed by atoms with Gasteiger partial charge in [0.25, 0.3) is 15.8 Å². The molecule has 1 aliphatic rings. The van der Waals surface area contributed by atoms with E-state index in [0.29, 0.717) is 37.6 Å². The molecule has 0 N–H and O–H groups in total. The number of halogens is 1. The van der Waals surface area contributed by atoms with Crippen LogP contribution < -0.4 is 10.5 Å². The molecule has 1 saturated heterocycles. The van der Waals surface area contributed by atoms with E-state index in [9.17, 15) is 13.2 Å². The van der Waals surface area contributed by atoms with E-state index in [4.69, 9.17) is 11.6 Å². The molecule has 0 bridgehead atoms. The van der Waals surface area contributed by atoms with Crippen molar-refractivity contribution in [3.63, 3.8) is 0 Å². The molecule has 0 aliphatic carbocycles. The molecule has 0 radical (unpaired) electrons. The summed E-state index contributed by atoms with van der Waals surface area (Å²) in [7, 11) is -0.430. The summed E-state index contributed by atoms with van der Waals surface area (Å²) in [4.78, 5) is 14.5. The minimum atomic E-state index is -3.44. The number of para-hydroxylation sites is 1. The third-order valence-corrected chi connectivity index (χ3v) is 6.56. The van der Waals surface area contributed by atoms with E-state index in [1.54, 1.807) is 18.3 Å². The summed E-state index contributed by atoms with van der Waals surface area (Å²) in [5.41, 5.74) is 0.748. The Balaban J connectivity index is 1.82. The predicted molar refractivity (Wildman–Crippen MR) is 101 cm³/mol. The van der Waals surface area contributed by atoms with Crippen molar-refractivity contribution in [3.8, 4) is 5.69 Å². The molecule has 0 spiro atoms. The highest BCUT2D eigenvalue weighted by atomic mass is 35.5. The molecule has 0 saturated carbocycles. The molecule has 2 aromatic rings. The lowest BCUT2D eigenvalue weighted by atomic mass is 10.3. The molecule has 10 heteroatoms. The van der Waals surface area contributed by atoms with Gasteiger partial charge in [0.05, 0.1) is 17.6 Å². The van der Waals surface area contributed by atoms with Gasteiger partial charge in [-0.15, -0.1) is 0 Å². The van der Waals surface area contributed by atoms with Crippen LogP contribution in [0.4, 0.5) is 5.69 Å². The van der Waals surface area contributed by atoms with Crippen molar-refractivity contribution < 1.29 is 8.42 Å². The van der Waals surface area contributed by atoms with Crippen LogP contribution in [0.5, 0.6) is 0 Å². The van der Waals surface area contributed by atoms with Gasteiger partial charge in [0, 0.05) is 40.3 Å². The molecule has 140 valence electrons. The molecule has 1 aromatic heterocycles. The van der Waals surface area contributed by atoms with Crippen LogP contribution in [0.25, 0.3) is 5.69 Å². The second kappa shape index (κ2) is 7.36. The van der Waals surface area contributed by atoms with Gasteiger partial charge in [-0.05, 0) is 12.1 Å². The van der Waals surface area contributed by atoms with Gasteiger partial charge >= 0.3 is 0 Å². The van der Waals surface area contributed by atoms with Crippen LogP contribution in [-0.2, 0) is 10.2 Å². The molecule has 0 unspecified atom stereocenters. The van der Waals surface area contributed by atoms with Gasteiger partial charge in [-0.2, -0.15) is 26.8 Å². The van der Waals surface area contributed by atoms with Crippen LogP contribution in [-0.4, -0.2) is 67.1 Å². The Kier molecular flexibility index (Phi) is 5.33. The van der Waals surface area contributed by atoms with E-state index in [1.807, 2.05) is 23.1 Å². The number of piperazine rings is 1. The molecule has 0 atom stereocenters. The maximum absolute atomic E-state index is 12.6. The minimum Gasteiger partial charge on any atom is -0.366 e. The second-order valence-corrected chi connectivity index (χ2v) is 8.59. The maximum Gasteiger partial charge on any atom is 0.292 e. The first-order valence-electron chi connectivity index (χ1n) is 8.08. The smallest absolute Gasteiger partial charge is 0.292 e. The third kappa shape index (κ3) is 3.48. The van der Waals surface area contributed by atoms with Crippen LogP contribution in [0.3, 0.4) is 0 Å². The number of anilines is 1. The highest BCUT2D eigenvalue weighted by molar-refractivity contribution is 7.86. The van der Waals surface area contributed by atoms with E-state index in [0.717, 1.165) is 0 Å².